The fourth-order valence-electron chi connectivity index (χ4n) is 3.43. The Labute approximate surface area is 196 Å². The molecule has 33 heavy (non-hydrogen) atoms. The zero-order valence-electron chi connectivity index (χ0n) is 19.5. The van der Waals surface area contributed by atoms with Gasteiger partial charge in [0.15, 0.2) is 0 Å². The van der Waals surface area contributed by atoms with E-state index in [4.69, 9.17) is 0 Å². The molecule has 1 unspecified atom stereocenters. The van der Waals surface area contributed by atoms with E-state index in [0.717, 1.165) is 43.4 Å². The number of benzene rings is 3. The van der Waals surface area contributed by atoms with Crippen molar-refractivity contribution >= 4 is 11.7 Å². The van der Waals surface area contributed by atoms with Crippen LogP contribution in [0.5, 0.6) is 0 Å². The SMILES string of the molecule is CCCCCCCN(C(=O)Nc1ccc(F)cc1F)C(C)c1ccccc1.c1ccccc1. The van der Waals surface area contributed by atoms with Gasteiger partial charge in [-0.1, -0.05) is 99.3 Å². The Morgan fingerprint density at radius 2 is 1.42 bits per heavy atom. The first-order chi connectivity index (χ1) is 16.0. The van der Waals surface area contributed by atoms with Crippen LogP contribution in [0.15, 0.2) is 84.9 Å². The van der Waals surface area contributed by atoms with Crippen LogP contribution in [0.2, 0.25) is 0 Å². The van der Waals surface area contributed by atoms with E-state index in [9.17, 15) is 13.6 Å². The molecule has 1 atom stereocenters. The molecule has 0 saturated carbocycles. The number of urea groups is 1. The van der Waals surface area contributed by atoms with Crippen LogP contribution in [-0.2, 0) is 0 Å². The van der Waals surface area contributed by atoms with Gasteiger partial charge >= 0.3 is 6.03 Å². The molecule has 0 heterocycles. The molecule has 3 rings (SSSR count). The number of rotatable bonds is 9. The lowest BCUT2D eigenvalue weighted by molar-refractivity contribution is 0.191. The number of nitrogens with one attached hydrogen (secondary N) is 1. The summed E-state index contributed by atoms with van der Waals surface area (Å²) in [6, 6.07) is 24.4. The lowest BCUT2D eigenvalue weighted by Crippen LogP contribution is -2.38. The second kappa shape index (κ2) is 14.8. The van der Waals surface area contributed by atoms with Crippen molar-refractivity contribution in [2.45, 2.75) is 52.0 Å². The summed E-state index contributed by atoms with van der Waals surface area (Å²) in [5, 5.41) is 2.59. The molecule has 0 radical (unpaired) electrons. The molecule has 3 aromatic rings. The molecule has 3 aromatic carbocycles. The quantitative estimate of drug-likeness (QED) is 0.326. The van der Waals surface area contributed by atoms with Gasteiger partial charge in [-0.3, -0.25) is 0 Å². The first-order valence-corrected chi connectivity index (χ1v) is 11.6. The number of carbonyl (C=O) groups is 1. The second-order valence-corrected chi connectivity index (χ2v) is 7.90. The Hall–Kier alpha value is -3.21. The van der Waals surface area contributed by atoms with Gasteiger partial charge in [-0.05, 0) is 31.0 Å². The van der Waals surface area contributed by atoms with Crippen molar-refractivity contribution in [3.63, 3.8) is 0 Å². The van der Waals surface area contributed by atoms with Crippen molar-refractivity contribution in [1.82, 2.24) is 4.90 Å². The van der Waals surface area contributed by atoms with E-state index < -0.39 is 11.6 Å². The van der Waals surface area contributed by atoms with Crippen molar-refractivity contribution in [2.24, 2.45) is 0 Å². The molecule has 3 nitrogen and oxygen atoms in total. The Balaban J connectivity index is 0.000000554. The predicted octanol–water partition coefficient (Wildman–Crippen LogP) is 8.22. The highest BCUT2D eigenvalue weighted by Gasteiger charge is 2.22. The van der Waals surface area contributed by atoms with Crippen LogP contribution >= 0.6 is 0 Å². The topological polar surface area (TPSA) is 32.3 Å². The number of amides is 2. The Kier molecular flexibility index (Phi) is 11.7. The molecular formula is C28H34F2N2O. The lowest BCUT2D eigenvalue weighted by atomic mass is 10.1. The standard InChI is InChI=1S/C22H28F2N2O.C6H6/c1-3-4-5-6-10-15-26(17(2)18-11-8-7-9-12-18)22(27)25-21-14-13-19(23)16-20(21)24;1-2-4-6-5-3-1/h7-9,11-14,16-17H,3-6,10,15H2,1-2H3,(H,25,27);1-6H. The zero-order chi connectivity index (χ0) is 23.9. The maximum Gasteiger partial charge on any atom is 0.322 e. The Bertz CT molecular complexity index is 908. The minimum absolute atomic E-state index is 0.0161. The Morgan fingerprint density at radius 3 is 2.00 bits per heavy atom. The summed E-state index contributed by atoms with van der Waals surface area (Å²) in [6.07, 6.45) is 5.41. The van der Waals surface area contributed by atoms with Gasteiger partial charge in [0.25, 0.3) is 0 Å². The van der Waals surface area contributed by atoms with E-state index >= 15 is 0 Å². The summed E-state index contributed by atoms with van der Waals surface area (Å²) in [4.78, 5) is 14.6. The van der Waals surface area contributed by atoms with Crippen molar-refractivity contribution in [3.8, 4) is 0 Å². The number of unbranched alkanes of at least 4 members (excludes halogenated alkanes) is 4. The van der Waals surface area contributed by atoms with Gasteiger partial charge in [0.2, 0.25) is 0 Å². The molecule has 176 valence electrons. The van der Waals surface area contributed by atoms with Gasteiger partial charge in [-0.25, -0.2) is 13.6 Å². The zero-order valence-corrected chi connectivity index (χ0v) is 19.5. The third-order valence-corrected chi connectivity index (χ3v) is 5.35. The van der Waals surface area contributed by atoms with E-state index in [-0.39, 0.29) is 17.8 Å². The summed E-state index contributed by atoms with van der Waals surface area (Å²) < 4.78 is 27.0. The summed E-state index contributed by atoms with van der Waals surface area (Å²) in [6.45, 7) is 4.70. The molecule has 1 N–H and O–H groups in total. The van der Waals surface area contributed by atoms with Crippen LogP contribution in [0.1, 0.15) is 57.6 Å². The van der Waals surface area contributed by atoms with E-state index in [1.54, 1.807) is 4.90 Å². The van der Waals surface area contributed by atoms with Crippen molar-refractivity contribution < 1.29 is 13.6 Å². The predicted molar refractivity (Wildman–Crippen MR) is 132 cm³/mol. The summed E-state index contributed by atoms with van der Waals surface area (Å²) in [5.41, 5.74) is 0.999. The van der Waals surface area contributed by atoms with Gasteiger partial charge in [0, 0.05) is 12.6 Å². The first-order valence-electron chi connectivity index (χ1n) is 11.6. The third-order valence-electron chi connectivity index (χ3n) is 5.35. The maximum atomic E-state index is 13.9. The minimum atomic E-state index is -0.779. The third kappa shape index (κ3) is 9.44. The maximum absolute atomic E-state index is 13.9. The largest absolute Gasteiger partial charge is 0.322 e. The monoisotopic (exact) mass is 452 g/mol. The van der Waals surface area contributed by atoms with Gasteiger partial charge in [-0.15, -0.1) is 0 Å². The summed E-state index contributed by atoms with van der Waals surface area (Å²) >= 11 is 0. The Morgan fingerprint density at radius 1 is 0.848 bits per heavy atom. The molecule has 0 fully saturated rings. The van der Waals surface area contributed by atoms with Crippen molar-refractivity contribution in [1.29, 1.82) is 0 Å². The van der Waals surface area contributed by atoms with E-state index in [1.807, 2.05) is 73.7 Å². The number of halogens is 2. The van der Waals surface area contributed by atoms with E-state index in [2.05, 4.69) is 12.2 Å². The molecule has 5 heteroatoms. The summed E-state index contributed by atoms with van der Waals surface area (Å²) in [7, 11) is 0. The highest BCUT2D eigenvalue weighted by molar-refractivity contribution is 5.89. The van der Waals surface area contributed by atoms with Crippen LogP contribution in [0, 0.1) is 11.6 Å². The fourth-order valence-corrected chi connectivity index (χ4v) is 3.43. The van der Waals surface area contributed by atoms with Gasteiger partial charge in [0.05, 0.1) is 11.7 Å². The minimum Gasteiger partial charge on any atom is -0.318 e. The second-order valence-electron chi connectivity index (χ2n) is 7.90. The van der Waals surface area contributed by atoms with Crippen molar-refractivity contribution in [3.05, 3.63) is 102 Å². The lowest BCUT2D eigenvalue weighted by Gasteiger charge is -2.30. The van der Waals surface area contributed by atoms with Crippen LogP contribution in [-0.4, -0.2) is 17.5 Å². The first kappa shape index (κ1) is 26.0. The molecule has 0 saturated heterocycles. The highest BCUT2D eigenvalue weighted by atomic mass is 19.1. The molecular weight excluding hydrogens is 418 g/mol. The molecule has 0 bridgehead atoms. The van der Waals surface area contributed by atoms with Gasteiger partial charge < -0.3 is 10.2 Å². The molecule has 2 amide bonds. The van der Waals surface area contributed by atoms with Crippen LogP contribution < -0.4 is 5.32 Å². The van der Waals surface area contributed by atoms with Gasteiger partial charge in [-0.2, -0.15) is 0 Å². The molecule has 0 aliphatic heterocycles. The number of nitrogens with zero attached hydrogens (tertiary/aromatic N) is 1. The molecule has 0 aromatic heterocycles. The number of anilines is 1. The van der Waals surface area contributed by atoms with Gasteiger partial charge in [0.1, 0.15) is 11.6 Å². The molecule has 0 aliphatic carbocycles. The highest BCUT2D eigenvalue weighted by Crippen LogP contribution is 2.23. The number of hydrogen-bond donors (Lipinski definition) is 1. The molecule has 0 spiro atoms. The van der Waals surface area contributed by atoms with Crippen LogP contribution in [0.3, 0.4) is 0 Å². The summed E-state index contributed by atoms with van der Waals surface area (Å²) in [5.74, 6) is -1.45. The number of hydrogen-bond acceptors (Lipinski definition) is 1. The normalized spacial score (nSPS) is 11.2. The van der Waals surface area contributed by atoms with Crippen LogP contribution in [0.4, 0.5) is 19.3 Å². The number of carbonyl (C=O) groups excluding carboxylic acids is 1. The van der Waals surface area contributed by atoms with E-state index in [0.29, 0.717) is 6.54 Å². The molecule has 0 aliphatic rings. The average molecular weight is 453 g/mol. The van der Waals surface area contributed by atoms with Crippen molar-refractivity contribution in [2.75, 3.05) is 11.9 Å². The average Bonchev–Trinajstić information content (AvgIpc) is 2.85. The van der Waals surface area contributed by atoms with Crippen LogP contribution in [0.25, 0.3) is 0 Å². The smallest absolute Gasteiger partial charge is 0.318 e. The fraction of sp³-hybridized carbons (Fsp3) is 0.321. The van der Waals surface area contributed by atoms with E-state index in [1.165, 1.54) is 12.5 Å².